The van der Waals surface area contributed by atoms with E-state index in [2.05, 4.69) is 0 Å². The highest BCUT2D eigenvalue weighted by Crippen LogP contribution is 2.16. The molecule has 1 aromatic carbocycles. The van der Waals surface area contributed by atoms with Crippen molar-refractivity contribution in [2.45, 2.75) is 12.5 Å². The van der Waals surface area contributed by atoms with Gasteiger partial charge >= 0.3 is 6.09 Å². The van der Waals surface area contributed by atoms with Crippen molar-refractivity contribution in [2.75, 3.05) is 11.5 Å². The second-order valence-corrected chi connectivity index (χ2v) is 7.00. The Morgan fingerprint density at radius 2 is 2.00 bits per heavy atom. The van der Waals surface area contributed by atoms with Crippen LogP contribution in [-0.4, -0.2) is 38.0 Å². The van der Waals surface area contributed by atoms with Gasteiger partial charge in [-0.2, -0.15) is 0 Å². The van der Waals surface area contributed by atoms with Gasteiger partial charge in [0.05, 0.1) is 22.1 Å². The average molecular weight is 318 g/mol. The predicted molar refractivity (Wildman–Crippen MR) is 72.5 cm³/mol. The van der Waals surface area contributed by atoms with E-state index in [9.17, 15) is 18.0 Å². The van der Waals surface area contributed by atoms with Gasteiger partial charge in [0.2, 0.25) is 0 Å². The van der Waals surface area contributed by atoms with Crippen LogP contribution in [0.1, 0.15) is 16.8 Å². The number of hydrogen-bond donors (Lipinski definition) is 1. The van der Waals surface area contributed by atoms with Crippen molar-refractivity contribution in [1.82, 2.24) is 5.32 Å². The molecule has 6 nitrogen and oxygen atoms in total. The number of hydrogen-bond acceptors (Lipinski definition) is 5. The Hall–Kier alpha value is -1.60. The largest absolute Gasteiger partial charge is 0.445 e. The van der Waals surface area contributed by atoms with Gasteiger partial charge in [0.25, 0.3) is 5.91 Å². The number of halogens is 1. The zero-order chi connectivity index (χ0) is 14.8. The van der Waals surface area contributed by atoms with Crippen molar-refractivity contribution < 1.29 is 22.7 Å². The quantitative estimate of drug-likeness (QED) is 0.890. The zero-order valence-corrected chi connectivity index (χ0v) is 11.9. The summed E-state index contributed by atoms with van der Waals surface area (Å²) in [6.45, 7) is 0. The zero-order valence-electron chi connectivity index (χ0n) is 10.3. The first-order chi connectivity index (χ1) is 9.37. The number of imide groups is 1. The summed E-state index contributed by atoms with van der Waals surface area (Å²) in [7, 11) is -3.14. The molecule has 0 saturated carbocycles. The van der Waals surface area contributed by atoms with E-state index < -0.39 is 27.9 Å². The Balaban J connectivity index is 1.92. The van der Waals surface area contributed by atoms with Crippen LogP contribution < -0.4 is 5.32 Å². The standard InChI is InChI=1S/C12H12ClNO5S/c13-10-4-2-1-3-9(10)11(15)14-12(16)19-8-5-6-20(17,18)7-8/h1-4,8H,5-7H2,(H,14,15,16). The lowest BCUT2D eigenvalue weighted by Gasteiger charge is -2.11. The molecule has 1 unspecified atom stereocenters. The molecule has 1 heterocycles. The van der Waals surface area contributed by atoms with Crippen LogP contribution in [0, 0.1) is 0 Å². The smallest absolute Gasteiger partial charge is 0.414 e. The number of nitrogens with one attached hydrogen (secondary N) is 1. The van der Waals surface area contributed by atoms with E-state index in [0.717, 1.165) is 0 Å². The molecule has 20 heavy (non-hydrogen) atoms. The average Bonchev–Trinajstić information content (AvgIpc) is 2.68. The van der Waals surface area contributed by atoms with Gasteiger partial charge in [-0.3, -0.25) is 10.1 Å². The minimum absolute atomic E-state index is 0.0105. The van der Waals surface area contributed by atoms with Gasteiger partial charge in [0.1, 0.15) is 6.10 Å². The summed E-state index contributed by atoms with van der Waals surface area (Å²) in [5.41, 5.74) is 0.144. The summed E-state index contributed by atoms with van der Waals surface area (Å²) in [5.74, 6) is -0.911. The van der Waals surface area contributed by atoms with Gasteiger partial charge in [0, 0.05) is 0 Å². The summed E-state index contributed by atoms with van der Waals surface area (Å²) in [6.07, 6.45) is -1.44. The molecule has 1 aliphatic heterocycles. The predicted octanol–water partition coefficient (Wildman–Crippen LogP) is 1.39. The van der Waals surface area contributed by atoms with E-state index in [1.165, 1.54) is 12.1 Å². The van der Waals surface area contributed by atoms with Crippen molar-refractivity contribution in [3.63, 3.8) is 0 Å². The third-order valence-electron chi connectivity index (χ3n) is 2.80. The monoisotopic (exact) mass is 317 g/mol. The molecule has 0 radical (unpaired) electrons. The van der Waals surface area contributed by atoms with Crippen molar-refractivity contribution in [1.29, 1.82) is 0 Å². The SMILES string of the molecule is O=C(NC(=O)c1ccccc1Cl)OC1CCS(=O)(=O)C1. The van der Waals surface area contributed by atoms with Gasteiger partial charge in [0.15, 0.2) is 9.84 Å². The number of rotatable bonds is 2. The molecule has 2 rings (SSSR count). The van der Waals surface area contributed by atoms with Crippen LogP contribution in [0.5, 0.6) is 0 Å². The fourth-order valence-electron chi connectivity index (χ4n) is 1.84. The molecule has 0 bridgehead atoms. The molecule has 1 N–H and O–H groups in total. The Labute approximate surface area is 121 Å². The molecule has 1 atom stereocenters. The molecule has 0 aliphatic carbocycles. The lowest BCUT2D eigenvalue weighted by atomic mass is 10.2. The Morgan fingerprint density at radius 1 is 1.30 bits per heavy atom. The van der Waals surface area contributed by atoms with Crippen LogP contribution in [0.3, 0.4) is 0 Å². The third-order valence-corrected chi connectivity index (χ3v) is 4.87. The maximum absolute atomic E-state index is 11.8. The van der Waals surface area contributed by atoms with E-state index >= 15 is 0 Å². The lowest BCUT2D eigenvalue weighted by molar-refractivity contribution is 0.0863. The molecular weight excluding hydrogens is 306 g/mol. The van der Waals surface area contributed by atoms with Crippen molar-refractivity contribution >= 4 is 33.4 Å². The summed E-state index contributed by atoms with van der Waals surface area (Å²) >= 11 is 5.82. The van der Waals surface area contributed by atoms with Crippen molar-refractivity contribution in [3.05, 3.63) is 34.9 Å². The third kappa shape index (κ3) is 3.71. The van der Waals surface area contributed by atoms with Crippen LogP contribution in [0.2, 0.25) is 5.02 Å². The summed E-state index contributed by atoms with van der Waals surface area (Å²) in [4.78, 5) is 23.3. The number of carbonyl (C=O) groups excluding carboxylic acids is 2. The van der Waals surface area contributed by atoms with Crippen LogP contribution in [0.25, 0.3) is 0 Å². The van der Waals surface area contributed by atoms with E-state index in [1.807, 2.05) is 5.32 Å². The first-order valence-electron chi connectivity index (χ1n) is 5.84. The van der Waals surface area contributed by atoms with Gasteiger partial charge in [-0.15, -0.1) is 0 Å². The molecule has 8 heteroatoms. The first-order valence-corrected chi connectivity index (χ1v) is 8.04. The van der Waals surface area contributed by atoms with Gasteiger partial charge < -0.3 is 4.74 Å². The normalized spacial score (nSPS) is 20.4. The van der Waals surface area contributed by atoms with E-state index in [1.54, 1.807) is 12.1 Å². The number of ether oxygens (including phenoxy) is 1. The molecule has 1 fully saturated rings. The molecular formula is C12H12ClNO5S. The van der Waals surface area contributed by atoms with Crippen molar-refractivity contribution in [3.8, 4) is 0 Å². The van der Waals surface area contributed by atoms with Crippen LogP contribution in [0.4, 0.5) is 4.79 Å². The molecule has 1 saturated heterocycles. The number of alkyl carbamates (subject to hydrolysis) is 1. The summed E-state index contributed by atoms with van der Waals surface area (Å²) in [6, 6.07) is 6.24. The van der Waals surface area contributed by atoms with E-state index in [-0.39, 0.29) is 28.5 Å². The Kier molecular flexibility index (Phi) is 4.29. The second-order valence-electron chi connectivity index (χ2n) is 4.36. The maximum atomic E-state index is 11.8. The molecule has 108 valence electrons. The van der Waals surface area contributed by atoms with Gasteiger partial charge in [-0.1, -0.05) is 23.7 Å². The summed E-state index contributed by atoms with van der Waals surface area (Å²) in [5, 5.41) is 2.22. The number of amides is 2. The lowest BCUT2D eigenvalue weighted by Crippen LogP contribution is -2.34. The van der Waals surface area contributed by atoms with E-state index in [0.29, 0.717) is 0 Å². The van der Waals surface area contributed by atoms with Crippen molar-refractivity contribution in [2.24, 2.45) is 0 Å². The van der Waals surface area contributed by atoms with Crippen LogP contribution in [0.15, 0.2) is 24.3 Å². The number of benzene rings is 1. The highest BCUT2D eigenvalue weighted by atomic mass is 35.5. The molecule has 1 aliphatic rings. The number of carbonyl (C=O) groups is 2. The summed E-state index contributed by atoms with van der Waals surface area (Å²) < 4.78 is 27.3. The van der Waals surface area contributed by atoms with E-state index in [4.69, 9.17) is 16.3 Å². The second kappa shape index (κ2) is 5.80. The molecule has 0 aromatic heterocycles. The Morgan fingerprint density at radius 3 is 2.60 bits per heavy atom. The number of sulfone groups is 1. The Bertz CT molecular complexity index is 643. The first kappa shape index (κ1) is 14.8. The molecule has 2 amide bonds. The van der Waals surface area contributed by atoms with Gasteiger partial charge in [-0.05, 0) is 18.6 Å². The molecule has 0 spiro atoms. The minimum Gasteiger partial charge on any atom is -0.445 e. The topological polar surface area (TPSA) is 89.5 Å². The fourth-order valence-corrected chi connectivity index (χ4v) is 3.65. The molecule has 1 aromatic rings. The van der Waals surface area contributed by atoms with Gasteiger partial charge in [-0.25, -0.2) is 13.2 Å². The maximum Gasteiger partial charge on any atom is 0.414 e. The highest BCUT2D eigenvalue weighted by molar-refractivity contribution is 7.91. The van der Waals surface area contributed by atoms with Crippen LogP contribution in [-0.2, 0) is 14.6 Å². The fraction of sp³-hybridized carbons (Fsp3) is 0.333. The van der Waals surface area contributed by atoms with Crippen LogP contribution >= 0.6 is 11.6 Å². The highest BCUT2D eigenvalue weighted by Gasteiger charge is 2.31. The minimum atomic E-state index is -3.14.